The van der Waals surface area contributed by atoms with Crippen molar-refractivity contribution < 1.29 is 4.79 Å². The molecule has 5 nitrogen and oxygen atoms in total. The quantitative estimate of drug-likeness (QED) is 0.824. The largest absolute Gasteiger partial charge is 0.335 e. The fourth-order valence-electron chi connectivity index (χ4n) is 2.70. The lowest BCUT2D eigenvalue weighted by molar-refractivity contribution is -0.133. The van der Waals surface area contributed by atoms with Gasteiger partial charge in [-0.2, -0.15) is 5.10 Å². The van der Waals surface area contributed by atoms with E-state index in [0.29, 0.717) is 18.9 Å². The highest BCUT2D eigenvalue weighted by atomic mass is 16.2. The van der Waals surface area contributed by atoms with E-state index in [1.165, 1.54) is 0 Å². The Hall–Kier alpha value is -1.36. The second-order valence-corrected chi connectivity index (χ2v) is 6.39. The number of hydrogen-bond acceptors (Lipinski definition) is 3. The van der Waals surface area contributed by atoms with Gasteiger partial charge in [0.2, 0.25) is 5.91 Å². The summed E-state index contributed by atoms with van der Waals surface area (Å²) in [6.07, 6.45) is 3.45. The maximum Gasteiger partial charge on any atom is 0.223 e. The average Bonchev–Trinajstić information content (AvgIpc) is 2.83. The third kappa shape index (κ3) is 3.60. The van der Waals surface area contributed by atoms with Crippen molar-refractivity contribution in [1.82, 2.24) is 19.6 Å². The van der Waals surface area contributed by atoms with E-state index < -0.39 is 0 Å². The van der Waals surface area contributed by atoms with Crippen LogP contribution in [-0.4, -0.2) is 52.7 Å². The predicted octanol–water partition coefficient (Wildman–Crippen LogP) is 1.76. The number of aromatic nitrogens is 2. The van der Waals surface area contributed by atoms with Crippen LogP contribution in [0.5, 0.6) is 0 Å². The van der Waals surface area contributed by atoms with Gasteiger partial charge in [-0.1, -0.05) is 13.8 Å². The lowest BCUT2D eigenvalue weighted by Crippen LogP contribution is -2.44. The molecule has 0 aliphatic carbocycles. The fourth-order valence-corrected chi connectivity index (χ4v) is 2.70. The maximum absolute atomic E-state index is 12.3. The minimum absolute atomic E-state index is 0.256. The SMILES string of the molecule is CC(C)CCC(=O)N1Cc2ccnn2[C@H](CN(C)C)C1. The molecule has 1 atom stereocenters. The Kier molecular flexibility index (Phi) is 4.81. The first-order valence-electron chi connectivity index (χ1n) is 7.42. The fraction of sp³-hybridized carbons (Fsp3) is 0.733. The van der Waals surface area contributed by atoms with Crippen molar-refractivity contribution in [2.75, 3.05) is 27.2 Å². The molecule has 5 heteroatoms. The molecular formula is C15H26N4O. The van der Waals surface area contributed by atoms with Crippen LogP contribution in [0.25, 0.3) is 0 Å². The number of fused-ring (bicyclic) bond motifs is 1. The molecule has 0 spiro atoms. The van der Waals surface area contributed by atoms with Crippen molar-refractivity contribution in [2.24, 2.45) is 5.92 Å². The molecule has 112 valence electrons. The van der Waals surface area contributed by atoms with Crippen molar-refractivity contribution in [3.8, 4) is 0 Å². The number of rotatable bonds is 5. The smallest absolute Gasteiger partial charge is 0.223 e. The van der Waals surface area contributed by atoms with Crippen molar-refractivity contribution in [1.29, 1.82) is 0 Å². The Balaban J connectivity index is 2.05. The van der Waals surface area contributed by atoms with Gasteiger partial charge in [0.15, 0.2) is 0 Å². The van der Waals surface area contributed by atoms with Crippen molar-refractivity contribution in [3.63, 3.8) is 0 Å². The predicted molar refractivity (Wildman–Crippen MR) is 79.3 cm³/mol. The summed E-state index contributed by atoms with van der Waals surface area (Å²) in [6, 6.07) is 2.27. The molecule has 0 saturated carbocycles. The van der Waals surface area contributed by atoms with Gasteiger partial charge in [-0.15, -0.1) is 0 Å². The average molecular weight is 278 g/mol. The van der Waals surface area contributed by atoms with Crippen molar-refractivity contribution in [3.05, 3.63) is 18.0 Å². The van der Waals surface area contributed by atoms with Crippen LogP contribution < -0.4 is 0 Å². The van der Waals surface area contributed by atoms with Crippen LogP contribution in [0.4, 0.5) is 0 Å². The Labute approximate surface area is 121 Å². The number of amides is 1. The molecule has 0 fully saturated rings. The minimum Gasteiger partial charge on any atom is -0.335 e. The van der Waals surface area contributed by atoms with Gasteiger partial charge >= 0.3 is 0 Å². The molecule has 0 unspecified atom stereocenters. The summed E-state index contributed by atoms with van der Waals surface area (Å²) in [5, 5.41) is 4.41. The zero-order valence-electron chi connectivity index (χ0n) is 13.0. The van der Waals surface area contributed by atoms with Gasteiger partial charge in [0.05, 0.1) is 18.3 Å². The van der Waals surface area contributed by atoms with Crippen LogP contribution in [0, 0.1) is 5.92 Å². The highest BCUT2D eigenvalue weighted by molar-refractivity contribution is 5.76. The number of carbonyl (C=O) groups excluding carboxylic acids is 1. The molecule has 1 amide bonds. The van der Waals surface area contributed by atoms with Crippen LogP contribution in [0.2, 0.25) is 0 Å². The molecule has 20 heavy (non-hydrogen) atoms. The first-order valence-corrected chi connectivity index (χ1v) is 7.42. The molecule has 2 rings (SSSR count). The van der Waals surface area contributed by atoms with E-state index in [1.807, 2.05) is 17.2 Å². The molecule has 1 aromatic heterocycles. The third-order valence-electron chi connectivity index (χ3n) is 3.75. The summed E-state index contributed by atoms with van der Waals surface area (Å²) in [5.41, 5.74) is 1.14. The highest BCUT2D eigenvalue weighted by Gasteiger charge is 2.28. The normalized spacial score (nSPS) is 18.7. The van der Waals surface area contributed by atoms with Crippen LogP contribution in [0.3, 0.4) is 0 Å². The maximum atomic E-state index is 12.3. The lowest BCUT2D eigenvalue weighted by atomic mass is 10.1. The molecular weight excluding hydrogens is 252 g/mol. The van der Waals surface area contributed by atoms with E-state index in [-0.39, 0.29) is 11.9 Å². The number of nitrogens with zero attached hydrogens (tertiary/aromatic N) is 4. The Morgan fingerprint density at radius 3 is 2.90 bits per heavy atom. The van der Waals surface area contributed by atoms with Crippen LogP contribution in [0.15, 0.2) is 12.3 Å². The molecule has 0 bridgehead atoms. The van der Waals surface area contributed by atoms with Gasteiger partial charge in [0.25, 0.3) is 0 Å². The van der Waals surface area contributed by atoms with Gasteiger partial charge in [-0.25, -0.2) is 0 Å². The highest BCUT2D eigenvalue weighted by Crippen LogP contribution is 2.22. The molecule has 0 saturated heterocycles. The zero-order valence-corrected chi connectivity index (χ0v) is 13.0. The second-order valence-electron chi connectivity index (χ2n) is 6.39. The van der Waals surface area contributed by atoms with E-state index >= 15 is 0 Å². The van der Waals surface area contributed by atoms with Crippen LogP contribution >= 0.6 is 0 Å². The Morgan fingerprint density at radius 2 is 2.25 bits per heavy atom. The van der Waals surface area contributed by atoms with E-state index in [2.05, 4.69) is 42.6 Å². The molecule has 0 aromatic carbocycles. The summed E-state index contributed by atoms with van der Waals surface area (Å²) in [5.74, 6) is 0.849. The lowest BCUT2D eigenvalue weighted by Gasteiger charge is -2.35. The van der Waals surface area contributed by atoms with E-state index in [4.69, 9.17) is 0 Å². The van der Waals surface area contributed by atoms with E-state index in [0.717, 1.165) is 25.2 Å². The monoisotopic (exact) mass is 278 g/mol. The number of carbonyl (C=O) groups is 1. The molecule has 0 N–H and O–H groups in total. The molecule has 2 heterocycles. The first-order chi connectivity index (χ1) is 9.47. The minimum atomic E-state index is 0.256. The van der Waals surface area contributed by atoms with Crippen LogP contribution in [-0.2, 0) is 11.3 Å². The zero-order chi connectivity index (χ0) is 14.7. The molecule has 0 radical (unpaired) electrons. The second kappa shape index (κ2) is 6.39. The van der Waals surface area contributed by atoms with E-state index in [9.17, 15) is 4.79 Å². The summed E-state index contributed by atoms with van der Waals surface area (Å²) in [7, 11) is 4.12. The van der Waals surface area contributed by atoms with Crippen LogP contribution in [0.1, 0.15) is 38.4 Å². The Morgan fingerprint density at radius 1 is 1.50 bits per heavy atom. The summed E-state index contributed by atoms with van der Waals surface area (Å²) in [4.78, 5) is 16.5. The standard InChI is InChI=1S/C15H26N4O/c1-12(2)5-6-15(20)18-10-13-7-8-16-19(13)14(11-18)9-17(3)4/h7-8,12,14H,5-6,9-11H2,1-4H3/t14-/m1/s1. The molecule has 1 aromatic rings. The van der Waals surface area contributed by atoms with Gasteiger partial charge in [-0.3, -0.25) is 9.48 Å². The third-order valence-corrected chi connectivity index (χ3v) is 3.75. The number of likely N-dealkylation sites (N-methyl/N-ethyl adjacent to an activating group) is 1. The van der Waals surface area contributed by atoms with Gasteiger partial charge in [0.1, 0.15) is 0 Å². The van der Waals surface area contributed by atoms with Gasteiger partial charge < -0.3 is 9.80 Å². The van der Waals surface area contributed by atoms with E-state index in [1.54, 1.807) is 0 Å². The van der Waals surface area contributed by atoms with Crippen molar-refractivity contribution >= 4 is 5.91 Å². The molecule has 1 aliphatic heterocycles. The summed E-state index contributed by atoms with van der Waals surface area (Å²) < 4.78 is 2.08. The number of hydrogen-bond donors (Lipinski definition) is 0. The summed E-state index contributed by atoms with van der Waals surface area (Å²) in [6.45, 7) is 6.69. The summed E-state index contributed by atoms with van der Waals surface area (Å²) >= 11 is 0. The topological polar surface area (TPSA) is 41.4 Å². The van der Waals surface area contributed by atoms with Crippen molar-refractivity contribution in [2.45, 2.75) is 39.3 Å². The van der Waals surface area contributed by atoms with Gasteiger partial charge in [-0.05, 0) is 32.5 Å². The molecule has 1 aliphatic rings. The first kappa shape index (κ1) is 15.0. The van der Waals surface area contributed by atoms with Gasteiger partial charge in [0, 0.05) is 25.7 Å². The Bertz CT molecular complexity index is 452.